The van der Waals surface area contributed by atoms with E-state index in [2.05, 4.69) is 11.1 Å². The van der Waals surface area contributed by atoms with Crippen LogP contribution in [-0.2, 0) is 14.6 Å². The molecule has 0 aliphatic heterocycles. The first kappa shape index (κ1) is 50.8. The fourth-order valence-electron chi connectivity index (χ4n) is 6.40. The predicted octanol–water partition coefficient (Wildman–Crippen LogP) is 10.6. The minimum atomic E-state index is -4.26. The maximum atomic E-state index is 10.4. The third-order valence-electron chi connectivity index (χ3n) is 9.48. The summed E-state index contributed by atoms with van der Waals surface area (Å²) in [5.74, 6) is 0. The summed E-state index contributed by atoms with van der Waals surface area (Å²) in [6.45, 7) is 4.15. The molecular formula is C40H85NO7S. The number of aliphatic hydroxyl groups is 3. The molecule has 0 amide bonds. The predicted molar refractivity (Wildman–Crippen MR) is 209 cm³/mol. The van der Waals surface area contributed by atoms with Gasteiger partial charge >= 0.3 is 10.4 Å². The number of hydrogen-bond donors (Lipinski definition) is 4. The van der Waals surface area contributed by atoms with Gasteiger partial charge in [-0.1, -0.05) is 206 Å². The molecule has 0 unspecified atom stereocenters. The quantitative estimate of drug-likeness (QED) is 0.0363. The van der Waals surface area contributed by atoms with Crippen LogP contribution in [0.2, 0.25) is 0 Å². The molecular weight excluding hydrogens is 639 g/mol. The number of rotatable bonds is 40. The van der Waals surface area contributed by atoms with Crippen LogP contribution in [0.25, 0.3) is 0 Å². The Morgan fingerprint density at radius 1 is 0.388 bits per heavy atom. The summed E-state index contributed by atoms with van der Waals surface area (Å²) in [6, 6.07) is 0. The second-order valence-electron chi connectivity index (χ2n) is 14.2. The van der Waals surface area contributed by atoms with Gasteiger partial charge in [0.1, 0.15) is 0 Å². The monoisotopic (exact) mass is 724 g/mol. The van der Waals surface area contributed by atoms with Gasteiger partial charge in [-0.05, 0) is 6.42 Å². The van der Waals surface area contributed by atoms with Crippen molar-refractivity contribution in [1.82, 2.24) is 4.90 Å². The SMILES string of the molecule is CCCCCCCCCCCCCCCCCCCCCCCCCCCCCCCCCCOS(=O)(=O)O.OCCN(CCO)CCO. The maximum Gasteiger partial charge on any atom is 0.397 e. The van der Waals surface area contributed by atoms with Crippen LogP contribution in [0.3, 0.4) is 0 Å². The first-order chi connectivity index (χ1) is 23.9. The van der Waals surface area contributed by atoms with Crippen LogP contribution in [0.5, 0.6) is 0 Å². The molecule has 0 heterocycles. The molecule has 8 nitrogen and oxygen atoms in total. The zero-order valence-corrected chi connectivity index (χ0v) is 33.3. The fourth-order valence-corrected chi connectivity index (χ4v) is 6.73. The average molecular weight is 724 g/mol. The summed E-state index contributed by atoms with van der Waals surface area (Å²) in [7, 11) is -4.26. The summed E-state index contributed by atoms with van der Waals surface area (Å²) in [5.41, 5.74) is 0. The van der Waals surface area contributed by atoms with Crippen molar-refractivity contribution in [3.63, 3.8) is 0 Å². The lowest BCUT2D eigenvalue weighted by atomic mass is 10.0. The molecule has 0 aliphatic rings. The van der Waals surface area contributed by atoms with Gasteiger partial charge in [0.25, 0.3) is 0 Å². The molecule has 9 heteroatoms. The molecule has 0 saturated carbocycles. The van der Waals surface area contributed by atoms with Gasteiger partial charge in [-0.2, -0.15) is 8.42 Å². The topological polar surface area (TPSA) is 128 Å². The number of unbranched alkanes of at least 4 members (excludes halogenated alkanes) is 31. The Hall–Kier alpha value is -0.290. The third-order valence-corrected chi connectivity index (χ3v) is 9.94. The Morgan fingerprint density at radius 3 is 0.776 bits per heavy atom. The van der Waals surface area contributed by atoms with E-state index < -0.39 is 10.4 Å². The van der Waals surface area contributed by atoms with Crippen LogP contribution in [0.4, 0.5) is 0 Å². The van der Waals surface area contributed by atoms with Gasteiger partial charge in [0, 0.05) is 19.6 Å². The molecule has 0 spiro atoms. The fraction of sp³-hybridized carbons (Fsp3) is 1.00. The highest BCUT2D eigenvalue weighted by atomic mass is 32.3. The molecule has 0 saturated heterocycles. The first-order valence-corrected chi connectivity index (χ1v) is 22.4. The standard InChI is InChI=1S/C34H70O4S.C6H15NO3/c1-2-3-4-5-6-7-8-9-10-11-12-13-14-15-16-17-18-19-20-21-22-23-24-25-26-27-28-29-30-31-32-33-34-38-39(35,36)37;8-4-1-7(2-5-9)3-6-10/h2-34H2,1H3,(H,35,36,37);8-10H,1-6H2. The van der Waals surface area contributed by atoms with E-state index in [9.17, 15) is 8.42 Å². The molecule has 0 rings (SSSR count). The highest BCUT2D eigenvalue weighted by Gasteiger charge is 2.03. The van der Waals surface area contributed by atoms with Crippen LogP contribution < -0.4 is 0 Å². The van der Waals surface area contributed by atoms with Crippen LogP contribution in [-0.4, -0.2) is 79.3 Å². The highest BCUT2D eigenvalue weighted by Crippen LogP contribution is 2.17. The van der Waals surface area contributed by atoms with Crippen molar-refractivity contribution in [3.05, 3.63) is 0 Å². The molecule has 0 aromatic heterocycles. The van der Waals surface area contributed by atoms with E-state index in [1.807, 2.05) is 0 Å². The average Bonchev–Trinajstić information content (AvgIpc) is 3.07. The lowest BCUT2D eigenvalue weighted by Gasteiger charge is -2.17. The molecule has 0 aromatic carbocycles. The van der Waals surface area contributed by atoms with Crippen LogP contribution in [0.15, 0.2) is 0 Å². The van der Waals surface area contributed by atoms with Gasteiger partial charge in [-0.15, -0.1) is 0 Å². The Bertz CT molecular complexity index is 682. The smallest absolute Gasteiger partial charge is 0.395 e. The number of nitrogens with zero attached hydrogens (tertiary/aromatic N) is 1. The van der Waals surface area contributed by atoms with E-state index in [1.54, 1.807) is 4.90 Å². The van der Waals surface area contributed by atoms with Crippen molar-refractivity contribution in [2.45, 2.75) is 212 Å². The van der Waals surface area contributed by atoms with Crippen LogP contribution in [0.1, 0.15) is 212 Å². The van der Waals surface area contributed by atoms with E-state index in [4.69, 9.17) is 19.9 Å². The second-order valence-corrected chi connectivity index (χ2v) is 15.3. The van der Waals surface area contributed by atoms with Crippen molar-refractivity contribution >= 4 is 10.4 Å². The van der Waals surface area contributed by atoms with Gasteiger partial charge in [0.05, 0.1) is 26.4 Å². The van der Waals surface area contributed by atoms with Gasteiger partial charge in [0.2, 0.25) is 0 Å². The zero-order chi connectivity index (χ0) is 36.4. The van der Waals surface area contributed by atoms with E-state index in [0.29, 0.717) is 26.1 Å². The van der Waals surface area contributed by atoms with Gasteiger partial charge in [-0.3, -0.25) is 9.45 Å². The molecule has 0 atom stereocenters. The number of hydrogen-bond acceptors (Lipinski definition) is 7. The van der Waals surface area contributed by atoms with E-state index in [0.717, 1.165) is 12.8 Å². The summed E-state index contributed by atoms with van der Waals surface area (Å²) in [4.78, 5) is 1.79. The molecule has 0 radical (unpaired) electrons. The largest absolute Gasteiger partial charge is 0.397 e. The molecule has 0 aliphatic carbocycles. The molecule has 4 N–H and O–H groups in total. The molecule has 298 valence electrons. The van der Waals surface area contributed by atoms with E-state index in [1.165, 1.54) is 186 Å². The van der Waals surface area contributed by atoms with Crippen molar-refractivity contribution in [2.24, 2.45) is 0 Å². The van der Waals surface area contributed by atoms with Crippen molar-refractivity contribution < 1.29 is 32.5 Å². The minimum Gasteiger partial charge on any atom is -0.395 e. The Labute approximate surface area is 305 Å². The first-order valence-electron chi connectivity index (χ1n) is 21.1. The van der Waals surface area contributed by atoms with Gasteiger partial charge in [-0.25, -0.2) is 4.18 Å². The zero-order valence-electron chi connectivity index (χ0n) is 32.4. The summed E-state index contributed by atoms with van der Waals surface area (Å²) in [5, 5.41) is 25.5. The highest BCUT2D eigenvalue weighted by molar-refractivity contribution is 7.80. The third kappa shape index (κ3) is 49.9. The second kappa shape index (κ2) is 43.9. The lowest BCUT2D eigenvalue weighted by molar-refractivity contribution is 0.136. The van der Waals surface area contributed by atoms with Crippen LogP contribution >= 0.6 is 0 Å². The van der Waals surface area contributed by atoms with Crippen molar-refractivity contribution in [2.75, 3.05) is 46.1 Å². The molecule has 0 bridgehead atoms. The van der Waals surface area contributed by atoms with E-state index in [-0.39, 0.29) is 26.4 Å². The Morgan fingerprint density at radius 2 is 0.592 bits per heavy atom. The Balaban J connectivity index is 0. The van der Waals surface area contributed by atoms with Crippen LogP contribution in [0, 0.1) is 0 Å². The normalized spacial score (nSPS) is 11.7. The van der Waals surface area contributed by atoms with Gasteiger partial charge in [0.15, 0.2) is 0 Å². The van der Waals surface area contributed by atoms with Crippen molar-refractivity contribution in [3.8, 4) is 0 Å². The lowest BCUT2D eigenvalue weighted by Crippen LogP contribution is -2.32. The summed E-state index contributed by atoms with van der Waals surface area (Å²) in [6.07, 6.45) is 44.1. The summed E-state index contributed by atoms with van der Waals surface area (Å²) < 4.78 is 33.7. The molecule has 0 aromatic rings. The molecule has 49 heavy (non-hydrogen) atoms. The Kier molecular flexibility index (Phi) is 45.5. The number of aliphatic hydroxyl groups excluding tert-OH is 3. The minimum absolute atomic E-state index is 0.0694. The summed E-state index contributed by atoms with van der Waals surface area (Å²) >= 11 is 0. The van der Waals surface area contributed by atoms with Gasteiger partial charge < -0.3 is 15.3 Å². The molecule has 0 fully saturated rings. The van der Waals surface area contributed by atoms with E-state index >= 15 is 0 Å². The van der Waals surface area contributed by atoms with Crippen molar-refractivity contribution in [1.29, 1.82) is 0 Å². The maximum absolute atomic E-state index is 10.4.